The topological polar surface area (TPSA) is 55.1 Å². The molecule has 0 fully saturated rings. The first-order chi connectivity index (χ1) is 12.1. The minimum atomic E-state index is -0.0568. The number of hydrogen-bond acceptors (Lipinski definition) is 3. The van der Waals surface area contributed by atoms with E-state index < -0.39 is 0 Å². The van der Waals surface area contributed by atoms with Crippen molar-refractivity contribution in [3.63, 3.8) is 0 Å². The summed E-state index contributed by atoms with van der Waals surface area (Å²) in [4.78, 5) is 17.4. The Morgan fingerprint density at radius 3 is 2.52 bits per heavy atom. The summed E-state index contributed by atoms with van der Waals surface area (Å²) in [5, 5.41) is 11.0. The molecule has 130 valence electrons. The molecule has 0 aliphatic rings. The van der Waals surface area contributed by atoms with Crippen molar-refractivity contribution in [3.05, 3.63) is 57.6 Å². The Labute approximate surface area is 155 Å². The summed E-state index contributed by atoms with van der Waals surface area (Å²) in [6.07, 6.45) is 3.39. The molecule has 0 unspecified atom stereocenters. The van der Waals surface area contributed by atoms with Gasteiger partial charge < -0.3 is 9.67 Å². The van der Waals surface area contributed by atoms with Crippen LogP contribution in [0.3, 0.4) is 0 Å². The summed E-state index contributed by atoms with van der Waals surface area (Å²) in [6, 6.07) is 11.3. The molecule has 1 aromatic carbocycles. The van der Waals surface area contributed by atoms with Crippen molar-refractivity contribution in [1.82, 2.24) is 9.55 Å². The van der Waals surface area contributed by atoms with E-state index in [1.54, 1.807) is 10.6 Å². The van der Waals surface area contributed by atoms with Gasteiger partial charge in [0, 0.05) is 17.5 Å². The molecule has 0 atom stereocenters. The SMILES string of the molecule is CCC(CC)Cn1c(=O)c(-c2ccccc2)cc2c(O)cnc(Br)c21. The number of halogens is 1. The molecule has 2 heterocycles. The van der Waals surface area contributed by atoms with Gasteiger partial charge in [0.1, 0.15) is 10.4 Å². The van der Waals surface area contributed by atoms with E-state index in [9.17, 15) is 9.90 Å². The molecule has 0 aliphatic carbocycles. The summed E-state index contributed by atoms with van der Waals surface area (Å²) < 4.78 is 2.33. The van der Waals surface area contributed by atoms with Crippen LogP contribution in [0.4, 0.5) is 0 Å². The number of aromatic hydroxyl groups is 1. The van der Waals surface area contributed by atoms with Gasteiger partial charge in [0.05, 0.1) is 11.7 Å². The van der Waals surface area contributed by atoms with Crippen LogP contribution in [-0.4, -0.2) is 14.7 Å². The van der Waals surface area contributed by atoms with Crippen LogP contribution >= 0.6 is 15.9 Å². The highest BCUT2D eigenvalue weighted by atomic mass is 79.9. The van der Waals surface area contributed by atoms with Gasteiger partial charge in [-0.15, -0.1) is 0 Å². The second-order valence-corrected chi connectivity index (χ2v) is 6.97. The number of benzene rings is 1. The van der Waals surface area contributed by atoms with Crippen LogP contribution in [-0.2, 0) is 6.54 Å². The maximum Gasteiger partial charge on any atom is 0.259 e. The fourth-order valence-corrected chi connectivity index (χ4v) is 3.67. The monoisotopic (exact) mass is 400 g/mol. The minimum absolute atomic E-state index is 0.0568. The van der Waals surface area contributed by atoms with Crippen molar-refractivity contribution in [2.75, 3.05) is 0 Å². The summed E-state index contributed by atoms with van der Waals surface area (Å²) in [5.74, 6) is 0.467. The van der Waals surface area contributed by atoms with E-state index in [2.05, 4.69) is 34.8 Å². The van der Waals surface area contributed by atoms with Gasteiger partial charge in [-0.3, -0.25) is 4.79 Å². The molecule has 0 saturated heterocycles. The summed E-state index contributed by atoms with van der Waals surface area (Å²) in [5.41, 5.74) is 2.03. The first-order valence-corrected chi connectivity index (χ1v) is 9.32. The summed E-state index contributed by atoms with van der Waals surface area (Å²) in [6.45, 7) is 4.87. The molecule has 0 amide bonds. The summed E-state index contributed by atoms with van der Waals surface area (Å²) >= 11 is 3.45. The van der Waals surface area contributed by atoms with E-state index >= 15 is 0 Å². The molecular weight excluding hydrogens is 380 g/mol. The molecule has 1 N–H and O–H groups in total. The number of hydrogen-bond donors (Lipinski definition) is 1. The lowest BCUT2D eigenvalue weighted by Gasteiger charge is -2.19. The van der Waals surface area contributed by atoms with Crippen LogP contribution in [0.1, 0.15) is 26.7 Å². The second-order valence-electron chi connectivity index (χ2n) is 6.22. The lowest BCUT2D eigenvalue weighted by molar-refractivity contribution is 0.418. The largest absolute Gasteiger partial charge is 0.506 e. The van der Waals surface area contributed by atoms with Gasteiger partial charge in [-0.2, -0.15) is 0 Å². The summed E-state index contributed by atoms with van der Waals surface area (Å²) in [7, 11) is 0. The second kappa shape index (κ2) is 7.40. The molecule has 4 nitrogen and oxygen atoms in total. The van der Waals surface area contributed by atoms with Crippen LogP contribution in [0, 0.1) is 5.92 Å². The maximum absolute atomic E-state index is 13.2. The third-order valence-electron chi connectivity index (χ3n) is 4.74. The van der Waals surface area contributed by atoms with E-state index in [4.69, 9.17) is 0 Å². The van der Waals surface area contributed by atoms with Crippen molar-refractivity contribution < 1.29 is 5.11 Å². The van der Waals surface area contributed by atoms with Gasteiger partial charge in [-0.05, 0) is 33.5 Å². The Balaban J connectivity index is 2.35. The highest BCUT2D eigenvalue weighted by molar-refractivity contribution is 9.10. The third-order valence-corrected chi connectivity index (χ3v) is 5.32. The molecular formula is C20H21BrN2O2. The first-order valence-electron chi connectivity index (χ1n) is 8.53. The Kier molecular flexibility index (Phi) is 5.23. The Hall–Kier alpha value is -2.14. The molecule has 25 heavy (non-hydrogen) atoms. The highest BCUT2D eigenvalue weighted by Crippen LogP contribution is 2.31. The van der Waals surface area contributed by atoms with Gasteiger partial charge in [-0.1, -0.05) is 57.0 Å². The molecule has 5 heteroatoms. The van der Waals surface area contributed by atoms with Crippen LogP contribution in [0.25, 0.3) is 22.0 Å². The number of rotatable bonds is 5. The van der Waals surface area contributed by atoms with Crippen LogP contribution in [0.5, 0.6) is 5.75 Å². The number of pyridine rings is 2. The zero-order valence-electron chi connectivity index (χ0n) is 14.4. The van der Waals surface area contributed by atoms with Crippen LogP contribution in [0.15, 0.2) is 52.0 Å². The zero-order valence-corrected chi connectivity index (χ0v) is 16.0. The van der Waals surface area contributed by atoms with E-state index in [0.717, 1.165) is 18.4 Å². The van der Waals surface area contributed by atoms with Crippen LogP contribution in [0.2, 0.25) is 0 Å². The average molecular weight is 401 g/mol. The maximum atomic E-state index is 13.2. The Bertz CT molecular complexity index is 947. The molecule has 3 rings (SSSR count). The fourth-order valence-electron chi connectivity index (χ4n) is 3.14. The van der Waals surface area contributed by atoms with E-state index in [-0.39, 0.29) is 11.3 Å². The number of fused-ring (bicyclic) bond motifs is 1. The standard InChI is InChI=1S/C20H21BrN2O2/c1-3-13(4-2)12-23-18-16(17(24)11-22-19(18)21)10-15(20(23)25)14-8-6-5-7-9-14/h5-11,13,24H,3-4,12H2,1-2H3. The van der Waals surface area contributed by atoms with Crippen molar-refractivity contribution >= 4 is 26.8 Å². The predicted octanol–water partition coefficient (Wildman–Crippen LogP) is 4.97. The predicted molar refractivity (Wildman–Crippen MR) is 105 cm³/mol. The van der Waals surface area contributed by atoms with Crippen molar-refractivity contribution in [3.8, 4) is 16.9 Å². The lowest BCUT2D eigenvalue weighted by Crippen LogP contribution is -2.26. The van der Waals surface area contributed by atoms with Gasteiger partial charge in [0.2, 0.25) is 0 Å². The minimum Gasteiger partial charge on any atom is -0.506 e. The molecule has 0 aliphatic heterocycles. The third kappa shape index (κ3) is 3.33. The van der Waals surface area contributed by atoms with Crippen LogP contribution < -0.4 is 5.56 Å². The van der Waals surface area contributed by atoms with Gasteiger partial charge in [0.15, 0.2) is 0 Å². The molecule has 0 spiro atoms. The first kappa shape index (κ1) is 17.7. The van der Waals surface area contributed by atoms with E-state index in [0.29, 0.717) is 33.5 Å². The number of aromatic nitrogens is 2. The highest BCUT2D eigenvalue weighted by Gasteiger charge is 2.18. The van der Waals surface area contributed by atoms with Gasteiger partial charge in [-0.25, -0.2) is 4.98 Å². The van der Waals surface area contributed by atoms with Gasteiger partial charge in [0.25, 0.3) is 5.56 Å². The molecule has 2 aromatic heterocycles. The molecule has 0 saturated carbocycles. The van der Waals surface area contributed by atoms with E-state index in [1.807, 2.05) is 30.3 Å². The van der Waals surface area contributed by atoms with Gasteiger partial charge >= 0.3 is 0 Å². The smallest absolute Gasteiger partial charge is 0.259 e. The van der Waals surface area contributed by atoms with Crippen molar-refractivity contribution in [1.29, 1.82) is 0 Å². The molecule has 0 bridgehead atoms. The Morgan fingerprint density at radius 1 is 1.20 bits per heavy atom. The normalized spacial score (nSPS) is 11.4. The quantitative estimate of drug-likeness (QED) is 0.615. The lowest BCUT2D eigenvalue weighted by atomic mass is 10.0. The molecule has 3 aromatic rings. The molecule has 0 radical (unpaired) electrons. The van der Waals surface area contributed by atoms with Crippen molar-refractivity contribution in [2.24, 2.45) is 5.92 Å². The van der Waals surface area contributed by atoms with E-state index in [1.165, 1.54) is 6.20 Å². The fraction of sp³-hybridized carbons (Fsp3) is 0.300. The average Bonchev–Trinajstić information content (AvgIpc) is 2.64. The van der Waals surface area contributed by atoms with Crippen molar-refractivity contribution in [2.45, 2.75) is 33.2 Å². The Morgan fingerprint density at radius 2 is 1.88 bits per heavy atom. The number of nitrogens with zero attached hydrogens (tertiary/aromatic N) is 2. The zero-order chi connectivity index (χ0) is 18.0.